The van der Waals surface area contributed by atoms with Crippen molar-refractivity contribution in [2.24, 2.45) is 0 Å². The molecule has 1 N–H and O–H groups in total. The van der Waals surface area contributed by atoms with Gasteiger partial charge in [-0.25, -0.2) is 0 Å². The summed E-state index contributed by atoms with van der Waals surface area (Å²) in [6.45, 7) is 4.26. The molecule has 1 aliphatic heterocycles. The molecule has 3 aromatic rings. The predicted molar refractivity (Wildman–Crippen MR) is 133 cm³/mol. The molecule has 1 amide bonds. The molecule has 0 spiro atoms. The largest absolute Gasteiger partial charge is 0.497 e. The molecule has 1 heterocycles. The molecular weight excluding hydrogens is 428 g/mol. The Morgan fingerprint density at radius 3 is 2.41 bits per heavy atom. The van der Waals surface area contributed by atoms with Crippen molar-refractivity contribution in [3.8, 4) is 17.2 Å². The van der Waals surface area contributed by atoms with Crippen LogP contribution in [-0.4, -0.2) is 45.2 Å². The number of fused-ring (bicyclic) bond motifs is 1. The molecule has 0 aliphatic carbocycles. The highest BCUT2D eigenvalue weighted by atomic mass is 16.5. The second-order valence-electron chi connectivity index (χ2n) is 8.57. The lowest BCUT2D eigenvalue weighted by Gasteiger charge is -2.38. The number of ether oxygens (including phenoxy) is 3. The van der Waals surface area contributed by atoms with Crippen LogP contribution in [-0.2, 0) is 13.0 Å². The molecule has 4 rings (SSSR count). The lowest BCUT2D eigenvalue weighted by Crippen LogP contribution is -2.41. The molecule has 6 heteroatoms. The molecule has 34 heavy (non-hydrogen) atoms. The first kappa shape index (κ1) is 23.6. The molecule has 6 nitrogen and oxygen atoms in total. The molecule has 1 unspecified atom stereocenters. The fourth-order valence-corrected chi connectivity index (χ4v) is 4.49. The van der Waals surface area contributed by atoms with Crippen molar-refractivity contribution in [3.63, 3.8) is 0 Å². The van der Waals surface area contributed by atoms with Crippen LogP contribution in [0.2, 0.25) is 0 Å². The number of amides is 1. The highest BCUT2D eigenvalue weighted by Gasteiger charge is 2.29. The monoisotopic (exact) mass is 460 g/mol. The van der Waals surface area contributed by atoms with Gasteiger partial charge in [-0.1, -0.05) is 35.9 Å². The summed E-state index contributed by atoms with van der Waals surface area (Å²) < 4.78 is 16.4. The maximum Gasteiger partial charge on any atom is 0.251 e. The molecule has 1 aliphatic rings. The summed E-state index contributed by atoms with van der Waals surface area (Å²) in [5, 5.41) is 3.14. The average molecular weight is 461 g/mol. The minimum Gasteiger partial charge on any atom is -0.497 e. The lowest BCUT2D eigenvalue weighted by molar-refractivity contribution is 0.0925. The third kappa shape index (κ3) is 5.18. The van der Waals surface area contributed by atoms with E-state index >= 15 is 0 Å². The number of hydrogen-bond acceptors (Lipinski definition) is 5. The van der Waals surface area contributed by atoms with E-state index in [4.69, 9.17) is 14.2 Å². The van der Waals surface area contributed by atoms with Crippen LogP contribution in [0.15, 0.2) is 60.7 Å². The van der Waals surface area contributed by atoms with E-state index in [9.17, 15) is 4.79 Å². The summed E-state index contributed by atoms with van der Waals surface area (Å²) in [4.78, 5) is 15.4. The number of nitrogens with zero attached hydrogens (tertiary/aromatic N) is 1. The zero-order valence-corrected chi connectivity index (χ0v) is 20.3. The van der Waals surface area contributed by atoms with Crippen LogP contribution >= 0.6 is 0 Å². The number of nitrogens with one attached hydrogen (secondary N) is 1. The normalized spacial score (nSPS) is 15.4. The summed E-state index contributed by atoms with van der Waals surface area (Å²) in [5.74, 6) is 1.96. The van der Waals surface area contributed by atoms with Gasteiger partial charge in [-0.15, -0.1) is 0 Å². The van der Waals surface area contributed by atoms with Gasteiger partial charge in [0.15, 0.2) is 11.5 Å². The topological polar surface area (TPSA) is 60.0 Å². The number of hydrogen-bond donors (Lipinski definition) is 1. The van der Waals surface area contributed by atoms with Crippen molar-refractivity contribution >= 4 is 5.91 Å². The summed E-state index contributed by atoms with van der Waals surface area (Å²) in [5.41, 5.74) is 5.44. The number of rotatable bonds is 8. The molecule has 178 valence electrons. The Kier molecular flexibility index (Phi) is 7.38. The molecular formula is C28H32N2O4. The molecule has 0 saturated carbocycles. The predicted octanol–water partition coefficient (Wildman–Crippen LogP) is 4.55. The van der Waals surface area contributed by atoms with Crippen molar-refractivity contribution in [1.29, 1.82) is 0 Å². The number of methoxy groups -OCH3 is 3. The molecule has 3 aromatic carbocycles. The smallest absolute Gasteiger partial charge is 0.251 e. The second kappa shape index (κ2) is 10.6. The van der Waals surface area contributed by atoms with Crippen LogP contribution < -0.4 is 19.5 Å². The summed E-state index contributed by atoms with van der Waals surface area (Å²) in [7, 11) is 4.90. The van der Waals surface area contributed by atoms with Gasteiger partial charge in [0.1, 0.15) is 5.75 Å². The number of aryl methyl sites for hydroxylation is 1. The number of benzene rings is 3. The highest BCUT2D eigenvalue weighted by molar-refractivity contribution is 5.94. The van der Waals surface area contributed by atoms with Gasteiger partial charge in [-0.3, -0.25) is 9.69 Å². The summed E-state index contributed by atoms with van der Waals surface area (Å²) >= 11 is 0. The SMILES string of the molecule is COc1cccc(C(=O)NCC2c3cc(OC)c(OC)cc3CCN2Cc2ccc(C)cc2)c1. The first-order valence-corrected chi connectivity index (χ1v) is 11.5. The molecule has 0 bridgehead atoms. The van der Waals surface area contributed by atoms with Crippen molar-refractivity contribution in [2.45, 2.75) is 25.9 Å². The van der Waals surface area contributed by atoms with Gasteiger partial charge in [0, 0.05) is 25.2 Å². The Balaban J connectivity index is 1.62. The average Bonchev–Trinajstić information content (AvgIpc) is 2.88. The molecule has 0 radical (unpaired) electrons. The summed E-state index contributed by atoms with van der Waals surface area (Å²) in [6.07, 6.45) is 0.905. The van der Waals surface area contributed by atoms with E-state index in [2.05, 4.69) is 53.5 Å². The first-order valence-electron chi connectivity index (χ1n) is 11.5. The van der Waals surface area contributed by atoms with Crippen LogP contribution in [0.4, 0.5) is 0 Å². The third-order valence-corrected chi connectivity index (χ3v) is 6.41. The van der Waals surface area contributed by atoms with Gasteiger partial charge in [0.2, 0.25) is 0 Å². The van der Waals surface area contributed by atoms with Gasteiger partial charge in [-0.2, -0.15) is 0 Å². The second-order valence-corrected chi connectivity index (χ2v) is 8.57. The third-order valence-electron chi connectivity index (χ3n) is 6.41. The Labute approximate surface area is 201 Å². The fraction of sp³-hybridized carbons (Fsp3) is 0.321. The minimum atomic E-state index is -0.123. The van der Waals surface area contributed by atoms with E-state index in [1.54, 1.807) is 33.5 Å². The van der Waals surface area contributed by atoms with E-state index in [1.165, 1.54) is 16.7 Å². The van der Waals surface area contributed by atoms with E-state index in [1.807, 2.05) is 12.1 Å². The van der Waals surface area contributed by atoms with Crippen LogP contribution in [0.3, 0.4) is 0 Å². The molecule has 1 atom stereocenters. The molecule has 0 fully saturated rings. The van der Waals surface area contributed by atoms with Gasteiger partial charge in [0.05, 0.1) is 27.4 Å². The van der Waals surface area contributed by atoms with Crippen molar-refractivity contribution in [2.75, 3.05) is 34.4 Å². The van der Waals surface area contributed by atoms with Crippen LogP contribution in [0.5, 0.6) is 17.2 Å². The van der Waals surface area contributed by atoms with Crippen LogP contribution in [0, 0.1) is 6.92 Å². The maximum absolute atomic E-state index is 13.0. The molecule has 0 saturated heterocycles. The van der Waals surface area contributed by atoms with Crippen molar-refractivity contribution in [1.82, 2.24) is 10.2 Å². The van der Waals surface area contributed by atoms with Crippen molar-refractivity contribution < 1.29 is 19.0 Å². The van der Waals surface area contributed by atoms with Crippen molar-refractivity contribution in [3.05, 3.63) is 88.5 Å². The van der Waals surface area contributed by atoms with Gasteiger partial charge >= 0.3 is 0 Å². The van der Waals surface area contributed by atoms with E-state index < -0.39 is 0 Å². The quantitative estimate of drug-likeness (QED) is 0.534. The number of carbonyl (C=O) groups is 1. The van der Waals surface area contributed by atoms with Crippen LogP contribution in [0.25, 0.3) is 0 Å². The highest BCUT2D eigenvalue weighted by Crippen LogP contribution is 2.38. The van der Waals surface area contributed by atoms with E-state index in [-0.39, 0.29) is 11.9 Å². The maximum atomic E-state index is 13.0. The first-order chi connectivity index (χ1) is 16.5. The van der Waals surface area contributed by atoms with E-state index in [0.29, 0.717) is 23.6 Å². The molecule has 0 aromatic heterocycles. The zero-order chi connectivity index (χ0) is 24.1. The van der Waals surface area contributed by atoms with Gasteiger partial charge < -0.3 is 19.5 Å². The van der Waals surface area contributed by atoms with E-state index in [0.717, 1.165) is 30.8 Å². The zero-order valence-electron chi connectivity index (χ0n) is 20.3. The van der Waals surface area contributed by atoms with Gasteiger partial charge in [0.25, 0.3) is 5.91 Å². The lowest BCUT2D eigenvalue weighted by atomic mass is 9.91. The Bertz CT molecular complexity index is 1140. The number of carbonyl (C=O) groups excluding carboxylic acids is 1. The Hall–Kier alpha value is -3.51. The summed E-state index contributed by atoms with van der Waals surface area (Å²) in [6, 6.07) is 19.9. The van der Waals surface area contributed by atoms with Gasteiger partial charge in [-0.05, 0) is 60.4 Å². The van der Waals surface area contributed by atoms with Crippen LogP contribution in [0.1, 0.15) is 38.7 Å². The fourth-order valence-electron chi connectivity index (χ4n) is 4.49. The standard InChI is InChI=1S/C28H32N2O4/c1-19-8-10-20(11-9-19)18-30-13-12-21-15-26(33-3)27(34-4)16-24(21)25(30)17-29-28(31)22-6-5-7-23(14-22)32-2/h5-11,14-16,25H,12-13,17-18H2,1-4H3,(H,29,31). The minimum absolute atomic E-state index is 0.000540. The Morgan fingerprint density at radius 2 is 1.71 bits per heavy atom. The Morgan fingerprint density at radius 1 is 0.971 bits per heavy atom.